The molecule has 0 atom stereocenters. The van der Waals surface area contributed by atoms with E-state index < -0.39 is 0 Å². The lowest BCUT2D eigenvalue weighted by atomic mass is 9.89. The Labute approximate surface area is 95.8 Å². The van der Waals surface area contributed by atoms with Crippen molar-refractivity contribution in [3.8, 4) is 0 Å². The van der Waals surface area contributed by atoms with Crippen molar-refractivity contribution in [2.45, 2.75) is 20.4 Å². The van der Waals surface area contributed by atoms with E-state index in [9.17, 15) is 4.39 Å². The highest BCUT2D eigenvalue weighted by molar-refractivity contribution is 5.23. The fourth-order valence-electron chi connectivity index (χ4n) is 1.81. The van der Waals surface area contributed by atoms with E-state index in [1.165, 1.54) is 0 Å². The topological polar surface area (TPSA) is 21.3 Å². The molecule has 3 heteroatoms. The van der Waals surface area contributed by atoms with Crippen LogP contribution in [-0.4, -0.2) is 19.8 Å². The summed E-state index contributed by atoms with van der Waals surface area (Å²) in [5.41, 5.74) is 1.96. The van der Waals surface area contributed by atoms with Gasteiger partial charge in [0.15, 0.2) is 0 Å². The molecule has 0 saturated carbocycles. The maximum absolute atomic E-state index is 13.3. The van der Waals surface area contributed by atoms with Crippen LogP contribution in [-0.2, 0) is 11.3 Å². The van der Waals surface area contributed by atoms with Crippen LogP contribution in [0.25, 0.3) is 0 Å². The molecule has 1 fully saturated rings. The van der Waals surface area contributed by atoms with Gasteiger partial charge in [0.05, 0.1) is 13.2 Å². The van der Waals surface area contributed by atoms with Crippen molar-refractivity contribution in [1.29, 1.82) is 0 Å². The van der Waals surface area contributed by atoms with Gasteiger partial charge in [0, 0.05) is 18.5 Å². The zero-order chi connectivity index (χ0) is 11.6. The van der Waals surface area contributed by atoms with E-state index in [1.807, 2.05) is 12.1 Å². The van der Waals surface area contributed by atoms with Crippen molar-refractivity contribution < 1.29 is 9.13 Å². The molecule has 2 nitrogen and oxygen atoms in total. The van der Waals surface area contributed by atoms with E-state index in [-0.39, 0.29) is 11.2 Å². The summed E-state index contributed by atoms with van der Waals surface area (Å²) in [6, 6.07) is 5.38. The molecule has 16 heavy (non-hydrogen) atoms. The van der Waals surface area contributed by atoms with Crippen molar-refractivity contribution in [2.75, 3.05) is 19.8 Å². The third-order valence-electron chi connectivity index (χ3n) is 3.02. The molecule has 1 aromatic rings. The van der Waals surface area contributed by atoms with Gasteiger partial charge in [0.25, 0.3) is 0 Å². The molecular formula is C13H18FNO. The second-order valence-electron chi connectivity index (χ2n) is 4.99. The molecule has 1 aromatic carbocycles. The third-order valence-corrected chi connectivity index (χ3v) is 3.02. The summed E-state index contributed by atoms with van der Waals surface area (Å²) in [5, 5.41) is 3.34. The Bertz CT molecular complexity index is 374. The lowest BCUT2D eigenvalue weighted by Gasteiger charge is -2.38. The van der Waals surface area contributed by atoms with Gasteiger partial charge in [-0.1, -0.05) is 19.1 Å². The van der Waals surface area contributed by atoms with Crippen molar-refractivity contribution in [2.24, 2.45) is 5.41 Å². The summed E-state index contributed by atoms with van der Waals surface area (Å²) >= 11 is 0. The zero-order valence-corrected chi connectivity index (χ0v) is 9.85. The summed E-state index contributed by atoms with van der Waals surface area (Å²) in [4.78, 5) is 0. The standard InChI is InChI=1S/C13H18FNO/c1-10-3-4-11(5-12(10)14)6-15-7-13(2)8-16-9-13/h3-5,15H,6-9H2,1-2H3. The predicted octanol–water partition coefficient (Wildman–Crippen LogP) is 2.26. The van der Waals surface area contributed by atoms with Gasteiger partial charge in [-0.2, -0.15) is 0 Å². The fraction of sp³-hybridized carbons (Fsp3) is 0.538. The minimum absolute atomic E-state index is 0.127. The smallest absolute Gasteiger partial charge is 0.126 e. The number of hydrogen-bond acceptors (Lipinski definition) is 2. The Balaban J connectivity index is 1.83. The molecule has 0 spiro atoms. The summed E-state index contributed by atoms with van der Waals surface area (Å²) in [6.07, 6.45) is 0. The van der Waals surface area contributed by atoms with E-state index in [0.717, 1.165) is 25.3 Å². The summed E-state index contributed by atoms with van der Waals surface area (Å²) in [5.74, 6) is -0.127. The maximum Gasteiger partial charge on any atom is 0.126 e. The first-order valence-corrected chi connectivity index (χ1v) is 5.63. The molecule has 1 aliphatic rings. The minimum Gasteiger partial charge on any atom is -0.380 e. The van der Waals surface area contributed by atoms with Crippen LogP contribution in [0.4, 0.5) is 4.39 Å². The first-order chi connectivity index (χ1) is 7.59. The van der Waals surface area contributed by atoms with Crippen LogP contribution in [0.2, 0.25) is 0 Å². The lowest BCUT2D eigenvalue weighted by molar-refractivity contribution is -0.0991. The van der Waals surface area contributed by atoms with E-state index in [2.05, 4.69) is 12.2 Å². The molecule has 0 aromatic heterocycles. The maximum atomic E-state index is 13.3. The molecule has 0 bridgehead atoms. The van der Waals surface area contributed by atoms with Crippen LogP contribution in [0.3, 0.4) is 0 Å². The van der Waals surface area contributed by atoms with Crippen molar-refractivity contribution >= 4 is 0 Å². The molecule has 2 rings (SSSR count). The van der Waals surface area contributed by atoms with Crippen molar-refractivity contribution in [3.05, 3.63) is 35.1 Å². The number of nitrogens with one attached hydrogen (secondary N) is 1. The number of rotatable bonds is 4. The molecule has 1 aliphatic heterocycles. The first kappa shape index (κ1) is 11.6. The molecule has 88 valence electrons. The Kier molecular flexibility index (Phi) is 3.26. The Morgan fingerprint density at radius 2 is 2.19 bits per heavy atom. The highest BCUT2D eigenvalue weighted by atomic mass is 19.1. The van der Waals surface area contributed by atoms with E-state index >= 15 is 0 Å². The Hall–Kier alpha value is -0.930. The van der Waals surface area contributed by atoms with Gasteiger partial charge < -0.3 is 10.1 Å². The summed E-state index contributed by atoms with van der Waals surface area (Å²) < 4.78 is 18.4. The molecule has 0 amide bonds. The van der Waals surface area contributed by atoms with Gasteiger partial charge in [-0.25, -0.2) is 4.39 Å². The summed E-state index contributed by atoms with van der Waals surface area (Å²) in [7, 11) is 0. The van der Waals surface area contributed by atoms with Crippen LogP contribution < -0.4 is 5.32 Å². The third kappa shape index (κ3) is 2.60. The van der Waals surface area contributed by atoms with Crippen LogP contribution in [0, 0.1) is 18.2 Å². The minimum atomic E-state index is -0.127. The molecule has 1 saturated heterocycles. The van der Waals surface area contributed by atoms with Gasteiger partial charge in [0.1, 0.15) is 5.82 Å². The normalized spacial score (nSPS) is 18.2. The SMILES string of the molecule is Cc1ccc(CNCC2(C)COC2)cc1F. The second-order valence-corrected chi connectivity index (χ2v) is 4.99. The van der Waals surface area contributed by atoms with Crippen LogP contribution >= 0.6 is 0 Å². The number of hydrogen-bond donors (Lipinski definition) is 1. The van der Waals surface area contributed by atoms with Gasteiger partial charge in [-0.05, 0) is 24.1 Å². The quantitative estimate of drug-likeness (QED) is 0.845. The van der Waals surface area contributed by atoms with Gasteiger partial charge in [-0.15, -0.1) is 0 Å². The highest BCUT2D eigenvalue weighted by Crippen LogP contribution is 2.25. The number of halogens is 1. The molecular weight excluding hydrogens is 205 g/mol. The first-order valence-electron chi connectivity index (χ1n) is 5.63. The van der Waals surface area contributed by atoms with Gasteiger partial charge in [0.2, 0.25) is 0 Å². The molecule has 1 N–H and O–H groups in total. The van der Waals surface area contributed by atoms with Gasteiger partial charge in [-0.3, -0.25) is 0 Å². The van der Waals surface area contributed by atoms with E-state index in [0.29, 0.717) is 12.1 Å². The Morgan fingerprint density at radius 3 is 2.75 bits per heavy atom. The fourth-order valence-corrected chi connectivity index (χ4v) is 1.81. The molecule has 0 unspecified atom stereocenters. The summed E-state index contributed by atoms with van der Waals surface area (Å²) in [6.45, 7) is 7.25. The average Bonchev–Trinajstić information content (AvgIpc) is 2.21. The average molecular weight is 223 g/mol. The largest absolute Gasteiger partial charge is 0.380 e. The lowest BCUT2D eigenvalue weighted by Crippen LogP contribution is -2.47. The zero-order valence-electron chi connectivity index (χ0n) is 9.85. The predicted molar refractivity (Wildman–Crippen MR) is 61.8 cm³/mol. The van der Waals surface area contributed by atoms with Crippen molar-refractivity contribution in [1.82, 2.24) is 5.32 Å². The molecule has 1 heterocycles. The highest BCUT2D eigenvalue weighted by Gasteiger charge is 2.32. The van der Waals surface area contributed by atoms with E-state index in [1.54, 1.807) is 13.0 Å². The number of benzene rings is 1. The van der Waals surface area contributed by atoms with Crippen LogP contribution in [0.1, 0.15) is 18.1 Å². The molecule has 0 radical (unpaired) electrons. The van der Waals surface area contributed by atoms with Crippen LogP contribution in [0.15, 0.2) is 18.2 Å². The number of aryl methyl sites for hydroxylation is 1. The molecule has 0 aliphatic carbocycles. The second kappa shape index (κ2) is 4.52. The number of ether oxygens (including phenoxy) is 1. The van der Waals surface area contributed by atoms with Crippen LogP contribution in [0.5, 0.6) is 0 Å². The van der Waals surface area contributed by atoms with Crippen molar-refractivity contribution in [3.63, 3.8) is 0 Å². The monoisotopic (exact) mass is 223 g/mol. The van der Waals surface area contributed by atoms with Gasteiger partial charge >= 0.3 is 0 Å². The Morgan fingerprint density at radius 1 is 1.44 bits per heavy atom. The van der Waals surface area contributed by atoms with E-state index in [4.69, 9.17) is 4.74 Å².